The summed E-state index contributed by atoms with van der Waals surface area (Å²) in [5.41, 5.74) is 3.25. The smallest absolute Gasteiger partial charge is 0.193 e. The van der Waals surface area contributed by atoms with E-state index in [4.69, 9.17) is 0 Å². The average molecular weight is 282 g/mol. The van der Waals surface area contributed by atoms with Crippen molar-refractivity contribution in [2.75, 3.05) is 0 Å². The maximum atomic E-state index is 12.3. The SMILES string of the molecule is O=C(c1ccccc1)c1ccc(C#Cc2ccccc2)cc1. The number of carbonyl (C=O) groups is 1. The molecule has 0 N–H and O–H groups in total. The number of benzene rings is 3. The molecule has 0 bridgehead atoms. The molecule has 0 atom stereocenters. The fourth-order valence-corrected chi connectivity index (χ4v) is 2.13. The van der Waals surface area contributed by atoms with Crippen molar-refractivity contribution in [3.63, 3.8) is 0 Å². The van der Waals surface area contributed by atoms with Gasteiger partial charge in [0.1, 0.15) is 0 Å². The minimum Gasteiger partial charge on any atom is -0.289 e. The van der Waals surface area contributed by atoms with Crippen LogP contribution in [0, 0.1) is 11.8 Å². The zero-order valence-electron chi connectivity index (χ0n) is 12.0. The van der Waals surface area contributed by atoms with Crippen LogP contribution >= 0.6 is 0 Å². The molecule has 1 nitrogen and oxygen atoms in total. The van der Waals surface area contributed by atoms with Gasteiger partial charge in [0.2, 0.25) is 0 Å². The van der Waals surface area contributed by atoms with Crippen LogP contribution in [0.5, 0.6) is 0 Å². The first kappa shape index (κ1) is 13.9. The van der Waals surface area contributed by atoms with Gasteiger partial charge in [0.05, 0.1) is 0 Å². The molecule has 0 aliphatic rings. The van der Waals surface area contributed by atoms with Crippen molar-refractivity contribution in [3.8, 4) is 11.8 Å². The maximum Gasteiger partial charge on any atom is 0.193 e. The highest BCUT2D eigenvalue weighted by Crippen LogP contribution is 2.10. The zero-order chi connectivity index (χ0) is 15.2. The standard InChI is InChI=1S/C21H14O/c22-21(19-9-5-2-6-10-19)20-15-13-18(14-16-20)12-11-17-7-3-1-4-8-17/h1-10,13-16H. The maximum absolute atomic E-state index is 12.3. The van der Waals surface area contributed by atoms with E-state index in [2.05, 4.69) is 11.8 Å². The van der Waals surface area contributed by atoms with Crippen LogP contribution < -0.4 is 0 Å². The molecule has 0 saturated heterocycles. The minimum atomic E-state index is 0.0307. The van der Waals surface area contributed by atoms with Crippen LogP contribution in [0.4, 0.5) is 0 Å². The van der Waals surface area contributed by atoms with Crippen molar-refractivity contribution in [2.24, 2.45) is 0 Å². The van der Waals surface area contributed by atoms with E-state index < -0.39 is 0 Å². The summed E-state index contributed by atoms with van der Waals surface area (Å²) in [6.45, 7) is 0. The lowest BCUT2D eigenvalue weighted by molar-refractivity contribution is 0.103. The molecule has 3 aromatic carbocycles. The highest BCUT2D eigenvalue weighted by Gasteiger charge is 2.07. The molecule has 0 spiro atoms. The van der Waals surface area contributed by atoms with Gasteiger partial charge in [-0.3, -0.25) is 4.79 Å². The van der Waals surface area contributed by atoms with Crippen LogP contribution in [-0.4, -0.2) is 5.78 Å². The molecule has 0 aliphatic heterocycles. The van der Waals surface area contributed by atoms with Crippen LogP contribution in [0.25, 0.3) is 0 Å². The number of rotatable bonds is 2. The molecule has 104 valence electrons. The quantitative estimate of drug-likeness (QED) is 0.505. The van der Waals surface area contributed by atoms with Gasteiger partial charge in [-0.1, -0.05) is 60.4 Å². The van der Waals surface area contributed by atoms with Gasteiger partial charge >= 0.3 is 0 Å². The van der Waals surface area contributed by atoms with Crippen LogP contribution in [0.3, 0.4) is 0 Å². The molecule has 0 fully saturated rings. The summed E-state index contributed by atoms with van der Waals surface area (Å²) in [4.78, 5) is 12.3. The third kappa shape index (κ3) is 3.31. The number of carbonyl (C=O) groups excluding carboxylic acids is 1. The average Bonchev–Trinajstić information content (AvgIpc) is 2.61. The van der Waals surface area contributed by atoms with E-state index in [1.165, 1.54) is 0 Å². The Kier molecular flexibility index (Phi) is 4.13. The second-order valence-corrected chi connectivity index (χ2v) is 4.89. The molecule has 3 aromatic rings. The summed E-state index contributed by atoms with van der Waals surface area (Å²) in [6, 6.07) is 26.5. The van der Waals surface area contributed by atoms with E-state index in [1.54, 1.807) is 0 Å². The monoisotopic (exact) mass is 282 g/mol. The van der Waals surface area contributed by atoms with Crippen molar-refractivity contribution in [1.29, 1.82) is 0 Å². The van der Waals surface area contributed by atoms with Gasteiger partial charge in [-0.15, -0.1) is 0 Å². The molecule has 0 radical (unpaired) electrons. The van der Waals surface area contributed by atoms with E-state index in [9.17, 15) is 4.79 Å². The molecule has 0 heterocycles. The minimum absolute atomic E-state index is 0.0307. The molecule has 0 unspecified atom stereocenters. The van der Waals surface area contributed by atoms with E-state index >= 15 is 0 Å². The Labute approximate surface area is 130 Å². The molecule has 0 saturated carbocycles. The Morgan fingerprint density at radius 3 is 1.59 bits per heavy atom. The first-order chi connectivity index (χ1) is 10.8. The van der Waals surface area contributed by atoms with Crippen LogP contribution in [-0.2, 0) is 0 Å². The molecule has 0 amide bonds. The van der Waals surface area contributed by atoms with Crippen LogP contribution in [0.15, 0.2) is 84.9 Å². The summed E-state index contributed by atoms with van der Waals surface area (Å²) in [6.07, 6.45) is 0. The summed E-state index contributed by atoms with van der Waals surface area (Å²) >= 11 is 0. The predicted octanol–water partition coefficient (Wildman–Crippen LogP) is 4.32. The fourth-order valence-electron chi connectivity index (χ4n) is 2.13. The third-order valence-electron chi connectivity index (χ3n) is 3.31. The summed E-state index contributed by atoms with van der Waals surface area (Å²) < 4.78 is 0. The van der Waals surface area contributed by atoms with Gasteiger partial charge < -0.3 is 0 Å². The highest BCUT2D eigenvalue weighted by molar-refractivity contribution is 6.08. The number of ketones is 1. The molecule has 3 rings (SSSR count). The lowest BCUT2D eigenvalue weighted by Crippen LogP contribution is -2.00. The fraction of sp³-hybridized carbons (Fsp3) is 0. The molecule has 22 heavy (non-hydrogen) atoms. The molecular weight excluding hydrogens is 268 g/mol. The highest BCUT2D eigenvalue weighted by atomic mass is 16.1. The van der Waals surface area contributed by atoms with Crippen molar-refractivity contribution in [3.05, 3.63) is 107 Å². The molecule has 1 heteroatoms. The summed E-state index contributed by atoms with van der Waals surface area (Å²) in [5.74, 6) is 6.24. The number of hydrogen-bond donors (Lipinski definition) is 0. The Morgan fingerprint density at radius 2 is 1.00 bits per heavy atom. The van der Waals surface area contributed by atoms with Crippen molar-refractivity contribution < 1.29 is 4.79 Å². The third-order valence-corrected chi connectivity index (χ3v) is 3.31. The first-order valence-electron chi connectivity index (χ1n) is 7.10. The van der Waals surface area contributed by atoms with Crippen molar-refractivity contribution in [1.82, 2.24) is 0 Å². The molecular formula is C21H14O. The van der Waals surface area contributed by atoms with Gasteiger partial charge in [0.25, 0.3) is 0 Å². The van der Waals surface area contributed by atoms with Crippen molar-refractivity contribution >= 4 is 5.78 Å². The number of hydrogen-bond acceptors (Lipinski definition) is 1. The molecule has 0 aliphatic carbocycles. The van der Waals surface area contributed by atoms with E-state index in [0.29, 0.717) is 11.1 Å². The second-order valence-electron chi connectivity index (χ2n) is 4.89. The van der Waals surface area contributed by atoms with Gasteiger partial charge in [0.15, 0.2) is 5.78 Å². The van der Waals surface area contributed by atoms with Crippen LogP contribution in [0.1, 0.15) is 27.0 Å². The van der Waals surface area contributed by atoms with Gasteiger partial charge in [-0.05, 0) is 36.4 Å². The summed E-state index contributed by atoms with van der Waals surface area (Å²) in [7, 11) is 0. The van der Waals surface area contributed by atoms with Crippen LogP contribution in [0.2, 0.25) is 0 Å². The lowest BCUT2D eigenvalue weighted by atomic mass is 10.0. The van der Waals surface area contributed by atoms with Gasteiger partial charge in [0, 0.05) is 22.3 Å². The van der Waals surface area contributed by atoms with Gasteiger partial charge in [-0.25, -0.2) is 0 Å². The Hall–Kier alpha value is -3.11. The second kappa shape index (κ2) is 6.56. The normalized spacial score (nSPS) is 9.64. The first-order valence-corrected chi connectivity index (χ1v) is 7.10. The Bertz CT molecular complexity index is 820. The predicted molar refractivity (Wildman–Crippen MR) is 88.7 cm³/mol. The van der Waals surface area contributed by atoms with Gasteiger partial charge in [-0.2, -0.15) is 0 Å². The zero-order valence-corrected chi connectivity index (χ0v) is 12.0. The van der Waals surface area contributed by atoms with Crippen molar-refractivity contribution in [2.45, 2.75) is 0 Å². The Morgan fingerprint density at radius 1 is 0.545 bits per heavy atom. The molecule has 0 aromatic heterocycles. The topological polar surface area (TPSA) is 17.1 Å². The van der Waals surface area contributed by atoms with E-state index in [1.807, 2.05) is 84.9 Å². The Balaban J connectivity index is 1.79. The lowest BCUT2D eigenvalue weighted by Gasteiger charge is -2.01. The van der Waals surface area contributed by atoms with E-state index in [0.717, 1.165) is 11.1 Å². The summed E-state index contributed by atoms with van der Waals surface area (Å²) in [5, 5.41) is 0. The largest absolute Gasteiger partial charge is 0.289 e. The van der Waals surface area contributed by atoms with E-state index in [-0.39, 0.29) is 5.78 Å².